The normalized spacial score (nSPS) is 10.6. The van der Waals surface area contributed by atoms with Gasteiger partial charge in [-0.2, -0.15) is 0 Å². The van der Waals surface area contributed by atoms with Crippen molar-refractivity contribution >= 4 is 49.8 Å². The summed E-state index contributed by atoms with van der Waals surface area (Å²) >= 11 is 4.75. The maximum absolute atomic E-state index is 12.1. The number of aromatic nitrogens is 1. The molecule has 0 saturated carbocycles. The Bertz CT molecular complexity index is 749. The molecule has 0 aliphatic carbocycles. The van der Waals surface area contributed by atoms with Crippen LogP contribution in [0.3, 0.4) is 0 Å². The van der Waals surface area contributed by atoms with Crippen LogP contribution in [0.15, 0.2) is 52.4 Å². The van der Waals surface area contributed by atoms with Crippen molar-refractivity contribution in [3.05, 3.63) is 57.3 Å². The number of hydrogen-bond acceptors (Lipinski definition) is 3. The van der Waals surface area contributed by atoms with E-state index in [1.54, 1.807) is 12.3 Å². The van der Waals surface area contributed by atoms with Gasteiger partial charge in [0.1, 0.15) is 0 Å². The Morgan fingerprint density at radius 2 is 2.11 bits per heavy atom. The molecular weight excluding hydrogens is 324 g/mol. The highest BCUT2D eigenvalue weighted by molar-refractivity contribution is 9.10. The third-order valence-corrected chi connectivity index (χ3v) is 4.36. The summed E-state index contributed by atoms with van der Waals surface area (Å²) in [5.41, 5.74) is 1.53. The molecule has 94 valence electrons. The fraction of sp³-hybridized carbons (Fsp3) is 0. The van der Waals surface area contributed by atoms with Gasteiger partial charge in [0.05, 0.1) is 16.1 Å². The van der Waals surface area contributed by atoms with E-state index < -0.39 is 0 Å². The lowest BCUT2D eigenvalue weighted by Gasteiger charge is -2.06. The Kier molecular flexibility index (Phi) is 3.31. The summed E-state index contributed by atoms with van der Waals surface area (Å²) < 4.78 is 0.915. The van der Waals surface area contributed by atoms with Gasteiger partial charge in [-0.05, 0) is 34.1 Å². The number of halogens is 1. The van der Waals surface area contributed by atoms with E-state index in [0.29, 0.717) is 4.88 Å². The SMILES string of the molecule is O=C(Nc1cccc2cccnc12)c1cc(Br)cs1. The summed E-state index contributed by atoms with van der Waals surface area (Å²) in [6.07, 6.45) is 1.72. The first-order chi connectivity index (χ1) is 9.24. The van der Waals surface area contributed by atoms with Crippen LogP contribution in [0.25, 0.3) is 10.9 Å². The first-order valence-corrected chi connectivity index (χ1v) is 7.30. The third-order valence-electron chi connectivity index (χ3n) is 2.67. The number of carbonyl (C=O) groups excluding carboxylic acids is 1. The number of pyridine rings is 1. The zero-order chi connectivity index (χ0) is 13.2. The van der Waals surface area contributed by atoms with Crippen LogP contribution in [-0.4, -0.2) is 10.9 Å². The van der Waals surface area contributed by atoms with E-state index in [1.165, 1.54) is 11.3 Å². The number of anilines is 1. The number of carbonyl (C=O) groups is 1. The van der Waals surface area contributed by atoms with Gasteiger partial charge >= 0.3 is 0 Å². The van der Waals surface area contributed by atoms with Gasteiger partial charge in [0.15, 0.2) is 0 Å². The molecule has 0 bridgehead atoms. The molecule has 2 heterocycles. The molecule has 1 amide bonds. The van der Waals surface area contributed by atoms with Crippen molar-refractivity contribution in [3.8, 4) is 0 Å². The van der Waals surface area contributed by atoms with Crippen molar-refractivity contribution in [2.75, 3.05) is 5.32 Å². The van der Waals surface area contributed by atoms with Crippen molar-refractivity contribution < 1.29 is 4.79 Å². The van der Waals surface area contributed by atoms with Crippen LogP contribution in [-0.2, 0) is 0 Å². The monoisotopic (exact) mass is 332 g/mol. The fourth-order valence-corrected chi connectivity index (χ4v) is 3.14. The van der Waals surface area contributed by atoms with Crippen molar-refractivity contribution in [1.29, 1.82) is 0 Å². The Balaban J connectivity index is 1.95. The molecule has 3 nitrogen and oxygen atoms in total. The lowest BCUT2D eigenvalue weighted by Crippen LogP contribution is -2.10. The minimum atomic E-state index is -0.117. The van der Waals surface area contributed by atoms with Gasteiger partial charge < -0.3 is 5.32 Å². The molecule has 0 aliphatic heterocycles. The van der Waals surface area contributed by atoms with Crippen molar-refractivity contribution in [2.24, 2.45) is 0 Å². The smallest absolute Gasteiger partial charge is 0.265 e. The molecular formula is C14H9BrN2OS. The lowest BCUT2D eigenvalue weighted by molar-refractivity contribution is 0.103. The van der Waals surface area contributed by atoms with Gasteiger partial charge in [0, 0.05) is 21.4 Å². The zero-order valence-corrected chi connectivity index (χ0v) is 12.2. The third kappa shape index (κ3) is 2.52. The molecule has 2 aromatic heterocycles. The quantitative estimate of drug-likeness (QED) is 0.759. The zero-order valence-electron chi connectivity index (χ0n) is 9.76. The van der Waals surface area contributed by atoms with Crippen LogP contribution >= 0.6 is 27.3 Å². The summed E-state index contributed by atoms with van der Waals surface area (Å²) in [5, 5.41) is 5.79. The van der Waals surface area contributed by atoms with E-state index in [4.69, 9.17) is 0 Å². The average molecular weight is 333 g/mol. The summed E-state index contributed by atoms with van der Waals surface area (Å²) in [6.45, 7) is 0. The van der Waals surface area contributed by atoms with E-state index in [9.17, 15) is 4.79 Å². The summed E-state index contributed by atoms with van der Waals surface area (Å²) in [4.78, 5) is 17.1. The molecule has 3 aromatic rings. The highest BCUT2D eigenvalue weighted by atomic mass is 79.9. The molecule has 0 unspecified atom stereocenters. The van der Waals surface area contributed by atoms with E-state index in [1.807, 2.05) is 35.7 Å². The van der Waals surface area contributed by atoms with E-state index in [2.05, 4.69) is 26.2 Å². The number of hydrogen-bond donors (Lipinski definition) is 1. The van der Waals surface area contributed by atoms with E-state index in [0.717, 1.165) is 21.1 Å². The maximum Gasteiger partial charge on any atom is 0.265 e. The number of nitrogens with one attached hydrogen (secondary N) is 1. The molecule has 1 N–H and O–H groups in total. The number of para-hydroxylation sites is 1. The van der Waals surface area contributed by atoms with Gasteiger partial charge in [-0.3, -0.25) is 9.78 Å². The first kappa shape index (κ1) is 12.3. The van der Waals surface area contributed by atoms with Crippen LogP contribution < -0.4 is 5.32 Å². The van der Waals surface area contributed by atoms with Crippen molar-refractivity contribution in [1.82, 2.24) is 4.98 Å². The molecule has 1 aromatic carbocycles. The van der Waals surface area contributed by atoms with Crippen LogP contribution in [0.2, 0.25) is 0 Å². The van der Waals surface area contributed by atoms with Crippen LogP contribution in [0.5, 0.6) is 0 Å². The topological polar surface area (TPSA) is 42.0 Å². The number of thiophene rings is 1. The van der Waals surface area contributed by atoms with E-state index >= 15 is 0 Å². The standard InChI is InChI=1S/C14H9BrN2OS/c15-10-7-12(19-8-10)14(18)17-11-5-1-3-9-4-2-6-16-13(9)11/h1-8H,(H,17,18). The molecule has 0 aliphatic rings. The highest BCUT2D eigenvalue weighted by Crippen LogP contribution is 2.24. The van der Waals surface area contributed by atoms with Gasteiger partial charge in [0.25, 0.3) is 5.91 Å². The molecule has 0 saturated heterocycles. The summed E-state index contributed by atoms with van der Waals surface area (Å²) in [7, 11) is 0. The van der Waals surface area contributed by atoms with Crippen molar-refractivity contribution in [3.63, 3.8) is 0 Å². The molecule has 5 heteroatoms. The van der Waals surface area contributed by atoms with Gasteiger partial charge in [0.2, 0.25) is 0 Å². The second-order valence-corrected chi connectivity index (χ2v) is 5.79. The number of amides is 1. The van der Waals surface area contributed by atoms with Gasteiger partial charge in [-0.15, -0.1) is 11.3 Å². The highest BCUT2D eigenvalue weighted by Gasteiger charge is 2.10. The number of benzene rings is 1. The lowest BCUT2D eigenvalue weighted by atomic mass is 10.2. The number of rotatable bonds is 2. The number of nitrogens with zero attached hydrogens (tertiary/aromatic N) is 1. The predicted octanol–water partition coefficient (Wildman–Crippen LogP) is 4.31. The molecule has 19 heavy (non-hydrogen) atoms. The van der Waals surface area contributed by atoms with Gasteiger partial charge in [-0.1, -0.05) is 18.2 Å². The Morgan fingerprint density at radius 1 is 1.26 bits per heavy atom. The largest absolute Gasteiger partial charge is 0.319 e. The molecule has 0 fully saturated rings. The first-order valence-electron chi connectivity index (χ1n) is 5.63. The molecule has 0 spiro atoms. The van der Waals surface area contributed by atoms with Crippen LogP contribution in [0.4, 0.5) is 5.69 Å². The molecule has 0 radical (unpaired) electrons. The van der Waals surface area contributed by atoms with Gasteiger partial charge in [-0.25, -0.2) is 0 Å². The Hall–Kier alpha value is -1.72. The molecule has 0 atom stereocenters. The van der Waals surface area contributed by atoms with E-state index in [-0.39, 0.29) is 5.91 Å². The predicted molar refractivity (Wildman–Crippen MR) is 81.7 cm³/mol. The Labute approximate surface area is 122 Å². The number of fused-ring (bicyclic) bond motifs is 1. The minimum Gasteiger partial charge on any atom is -0.319 e. The van der Waals surface area contributed by atoms with Crippen molar-refractivity contribution in [2.45, 2.75) is 0 Å². The van der Waals surface area contributed by atoms with Crippen LogP contribution in [0, 0.1) is 0 Å². The summed E-state index contributed by atoms with van der Waals surface area (Å²) in [5.74, 6) is -0.117. The second-order valence-electron chi connectivity index (χ2n) is 3.96. The average Bonchev–Trinajstić information content (AvgIpc) is 2.86. The fourth-order valence-electron chi connectivity index (χ4n) is 1.82. The maximum atomic E-state index is 12.1. The minimum absolute atomic E-state index is 0.117. The second kappa shape index (κ2) is 5.11. The molecule has 3 rings (SSSR count). The Morgan fingerprint density at radius 3 is 2.89 bits per heavy atom. The summed E-state index contributed by atoms with van der Waals surface area (Å²) in [6, 6.07) is 11.4. The van der Waals surface area contributed by atoms with Crippen LogP contribution in [0.1, 0.15) is 9.67 Å².